The number of ether oxygens (including phenoxy) is 1. The van der Waals surface area contributed by atoms with Crippen LogP contribution in [0.5, 0.6) is 0 Å². The normalized spacial score (nSPS) is 15.0. The molecule has 1 saturated heterocycles. The minimum Gasteiger partial charge on any atom is -0.378 e. The van der Waals surface area contributed by atoms with Crippen LogP contribution >= 0.6 is 34.5 Å². The lowest BCUT2D eigenvalue weighted by atomic mass is 10.4. The first-order chi connectivity index (χ1) is 12.8. The summed E-state index contributed by atoms with van der Waals surface area (Å²) in [4.78, 5) is 24.5. The van der Waals surface area contributed by atoms with E-state index >= 15 is 0 Å². The van der Waals surface area contributed by atoms with E-state index in [1.54, 1.807) is 6.92 Å². The third-order valence-electron chi connectivity index (χ3n) is 3.64. The van der Waals surface area contributed by atoms with Gasteiger partial charge in [0, 0.05) is 13.1 Å². The van der Waals surface area contributed by atoms with Gasteiger partial charge in [0.25, 0.3) is 15.9 Å². The molecule has 2 aromatic heterocycles. The van der Waals surface area contributed by atoms with Crippen molar-refractivity contribution in [1.82, 2.24) is 20.2 Å². The summed E-state index contributed by atoms with van der Waals surface area (Å²) in [7, 11) is -4.12. The third-order valence-corrected chi connectivity index (χ3v) is 6.75. The Balaban J connectivity index is 1.71. The number of nitrogens with zero attached hydrogens (tertiary/aromatic N) is 3. The number of carbonyl (C=O) groups excluding carboxylic acids is 1. The Morgan fingerprint density at radius 3 is 2.63 bits per heavy atom. The number of morpholine rings is 1. The van der Waals surface area contributed by atoms with Gasteiger partial charge in [0.2, 0.25) is 0 Å². The molecule has 0 unspecified atom stereocenters. The monoisotopic (exact) mass is 451 g/mol. The Morgan fingerprint density at radius 2 is 1.96 bits per heavy atom. The van der Waals surface area contributed by atoms with Crippen LogP contribution in [-0.2, 0) is 14.8 Å². The maximum Gasteiger partial charge on any atom is 0.278 e. The molecule has 0 aromatic carbocycles. The molecule has 27 heavy (non-hydrogen) atoms. The molecular weight excluding hydrogens is 437 g/mol. The van der Waals surface area contributed by atoms with Crippen molar-refractivity contribution in [2.75, 3.05) is 31.2 Å². The first-order valence-corrected chi connectivity index (χ1v) is 10.8. The quantitative estimate of drug-likeness (QED) is 0.524. The molecule has 1 fully saturated rings. The highest BCUT2D eigenvalue weighted by atomic mass is 35.5. The van der Waals surface area contributed by atoms with Gasteiger partial charge in [-0.15, -0.1) is 4.83 Å². The number of nitrogens with one attached hydrogen (secondary N) is 2. The zero-order chi connectivity index (χ0) is 19.6. The summed E-state index contributed by atoms with van der Waals surface area (Å²) in [5, 5.41) is 0.445. The lowest BCUT2D eigenvalue weighted by Gasteiger charge is -2.25. The molecule has 2 aromatic rings. The highest BCUT2D eigenvalue weighted by Gasteiger charge is 2.23. The molecule has 0 radical (unpaired) electrons. The first kappa shape index (κ1) is 20.2. The molecule has 0 aliphatic carbocycles. The predicted molar refractivity (Wildman–Crippen MR) is 102 cm³/mol. The average Bonchev–Trinajstić information content (AvgIpc) is 3.02. The van der Waals surface area contributed by atoms with Gasteiger partial charge in [-0.25, -0.2) is 18.4 Å². The zero-order valence-electron chi connectivity index (χ0n) is 14.0. The second-order valence-corrected chi connectivity index (χ2v) is 8.87. The Hall–Kier alpha value is -1.50. The van der Waals surface area contributed by atoms with Gasteiger partial charge in [-0.1, -0.05) is 34.5 Å². The van der Waals surface area contributed by atoms with Crippen LogP contribution in [0.25, 0.3) is 0 Å². The molecule has 3 heterocycles. The number of amides is 1. The van der Waals surface area contributed by atoms with Crippen LogP contribution in [0.3, 0.4) is 0 Å². The number of hydrazine groups is 1. The number of hydrogen-bond donors (Lipinski definition) is 2. The Kier molecular flexibility index (Phi) is 6.18. The van der Waals surface area contributed by atoms with Crippen molar-refractivity contribution in [3.05, 3.63) is 33.0 Å². The molecule has 146 valence electrons. The topological polar surface area (TPSA) is 114 Å². The van der Waals surface area contributed by atoms with E-state index in [-0.39, 0.29) is 15.2 Å². The van der Waals surface area contributed by atoms with E-state index in [0.29, 0.717) is 42.0 Å². The van der Waals surface area contributed by atoms with Crippen LogP contribution < -0.4 is 15.2 Å². The zero-order valence-corrected chi connectivity index (χ0v) is 17.2. The smallest absolute Gasteiger partial charge is 0.278 e. The van der Waals surface area contributed by atoms with Gasteiger partial charge in [-0.05, 0) is 19.1 Å². The summed E-state index contributed by atoms with van der Waals surface area (Å²) in [5.74, 6) is -0.619. The van der Waals surface area contributed by atoms with Crippen molar-refractivity contribution in [2.24, 2.45) is 0 Å². The van der Waals surface area contributed by atoms with Crippen LogP contribution in [0.4, 0.5) is 5.13 Å². The number of halogens is 2. The summed E-state index contributed by atoms with van der Waals surface area (Å²) in [6.45, 7) is 4.24. The standard InChI is InChI=1S/C14H15Cl2N5O4S2/c1-8-11(26-14(17-8)21-4-6-25-7-5-21)13(22)19-20-27(23,24)9-2-3-10(15)18-12(9)16/h2-3,20H,4-7H2,1H3,(H,19,22). The Morgan fingerprint density at radius 1 is 1.26 bits per heavy atom. The van der Waals surface area contributed by atoms with E-state index in [9.17, 15) is 13.2 Å². The number of anilines is 1. The van der Waals surface area contributed by atoms with Crippen molar-refractivity contribution in [3.8, 4) is 0 Å². The number of thiazole rings is 1. The number of carbonyl (C=O) groups is 1. The second kappa shape index (κ2) is 8.25. The predicted octanol–water partition coefficient (Wildman–Crippen LogP) is 1.61. The SMILES string of the molecule is Cc1nc(N2CCOCC2)sc1C(=O)NNS(=O)(=O)c1ccc(Cl)nc1Cl. The lowest BCUT2D eigenvalue weighted by molar-refractivity contribution is 0.0948. The fourth-order valence-electron chi connectivity index (χ4n) is 2.31. The van der Waals surface area contributed by atoms with Crippen molar-refractivity contribution >= 4 is 55.6 Å². The molecule has 0 atom stereocenters. The van der Waals surface area contributed by atoms with Gasteiger partial charge in [0.15, 0.2) is 10.3 Å². The van der Waals surface area contributed by atoms with E-state index in [0.717, 1.165) is 0 Å². The van der Waals surface area contributed by atoms with Crippen LogP contribution in [-0.4, -0.2) is 50.6 Å². The maximum atomic E-state index is 12.4. The second-order valence-electron chi connectivity index (χ2n) is 5.49. The van der Waals surface area contributed by atoms with Gasteiger partial charge in [0.05, 0.1) is 18.9 Å². The largest absolute Gasteiger partial charge is 0.378 e. The summed E-state index contributed by atoms with van der Waals surface area (Å²) >= 11 is 12.7. The summed E-state index contributed by atoms with van der Waals surface area (Å²) in [5.41, 5.74) is 2.67. The van der Waals surface area contributed by atoms with E-state index in [2.05, 4.69) is 15.4 Å². The molecule has 1 amide bonds. The molecule has 9 nitrogen and oxygen atoms in total. The van der Waals surface area contributed by atoms with Crippen molar-refractivity contribution < 1.29 is 17.9 Å². The molecule has 1 aliphatic heterocycles. The van der Waals surface area contributed by atoms with Crippen LogP contribution in [0.15, 0.2) is 17.0 Å². The van der Waals surface area contributed by atoms with Crippen molar-refractivity contribution in [3.63, 3.8) is 0 Å². The van der Waals surface area contributed by atoms with Gasteiger partial charge >= 0.3 is 0 Å². The number of hydrogen-bond acceptors (Lipinski definition) is 8. The highest BCUT2D eigenvalue weighted by Crippen LogP contribution is 2.26. The van der Waals surface area contributed by atoms with E-state index < -0.39 is 15.9 Å². The van der Waals surface area contributed by atoms with E-state index in [4.69, 9.17) is 27.9 Å². The number of aromatic nitrogens is 2. The molecule has 3 rings (SSSR count). The van der Waals surface area contributed by atoms with Crippen LogP contribution in [0, 0.1) is 6.92 Å². The maximum absolute atomic E-state index is 12.4. The molecule has 13 heteroatoms. The fourth-order valence-corrected chi connectivity index (χ4v) is 4.82. The summed E-state index contributed by atoms with van der Waals surface area (Å²) in [6, 6.07) is 2.48. The van der Waals surface area contributed by atoms with Crippen LogP contribution in [0.1, 0.15) is 15.4 Å². The van der Waals surface area contributed by atoms with Crippen molar-refractivity contribution in [2.45, 2.75) is 11.8 Å². The lowest BCUT2D eigenvalue weighted by Crippen LogP contribution is -2.41. The first-order valence-electron chi connectivity index (χ1n) is 7.72. The van der Waals surface area contributed by atoms with E-state index in [1.807, 2.05) is 9.73 Å². The molecule has 0 saturated carbocycles. The van der Waals surface area contributed by atoms with Crippen molar-refractivity contribution in [1.29, 1.82) is 0 Å². The van der Waals surface area contributed by atoms with Gasteiger partial charge < -0.3 is 9.64 Å². The Labute approximate surface area is 169 Å². The molecule has 0 bridgehead atoms. The fraction of sp³-hybridized carbons (Fsp3) is 0.357. The number of pyridine rings is 1. The third kappa shape index (κ3) is 4.68. The highest BCUT2D eigenvalue weighted by molar-refractivity contribution is 7.89. The average molecular weight is 452 g/mol. The summed E-state index contributed by atoms with van der Waals surface area (Å²) in [6.07, 6.45) is 0. The summed E-state index contributed by atoms with van der Waals surface area (Å²) < 4.78 is 29.9. The van der Waals surface area contributed by atoms with Gasteiger partial charge in [0.1, 0.15) is 14.9 Å². The van der Waals surface area contributed by atoms with Gasteiger partial charge in [-0.3, -0.25) is 10.2 Å². The molecule has 0 spiro atoms. The Bertz CT molecular complexity index is 960. The number of rotatable bonds is 5. The van der Waals surface area contributed by atoms with Crippen LogP contribution in [0.2, 0.25) is 10.3 Å². The van der Waals surface area contributed by atoms with E-state index in [1.165, 1.54) is 23.5 Å². The molecule has 2 N–H and O–H groups in total. The number of aryl methyl sites for hydroxylation is 1. The minimum absolute atomic E-state index is 0.0545. The van der Waals surface area contributed by atoms with Gasteiger partial charge in [-0.2, -0.15) is 0 Å². The molecule has 1 aliphatic rings. The molecular formula is C14H15Cl2N5O4S2. The minimum atomic E-state index is -4.12. The number of sulfonamides is 1.